The number of hydrogen-bond acceptors (Lipinski definition) is 1. The summed E-state index contributed by atoms with van der Waals surface area (Å²) in [5, 5.41) is 0. The summed E-state index contributed by atoms with van der Waals surface area (Å²) in [6, 6.07) is 0. The van der Waals surface area contributed by atoms with Gasteiger partial charge in [-0.05, 0) is 0 Å². The Bertz CT molecular complexity index is 6.85. The van der Waals surface area contributed by atoms with E-state index < -0.39 is 0 Å². The van der Waals surface area contributed by atoms with Gasteiger partial charge < -0.3 is 16.4 Å². The van der Waals surface area contributed by atoms with E-state index in [9.17, 15) is 0 Å². The monoisotopic (exact) mass is 112 g/mol. The minimum Gasteiger partial charge on any atom is -2.00 e. The molecule has 5 heavy (non-hydrogen) atoms. The topological polar surface area (TPSA) is 90.0 Å². The molecule has 5 heteroatoms. The minimum atomic E-state index is 0. The van der Waals surface area contributed by atoms with Crippen LogP contribution in [-0.4, -0.2) is 28.3 Å². The van der Waals surface area contributed by atoms with Gasteiger partial charge in [0.2, 0.25) is 0 Å². The molecule has 3 N–H and O–H groups in total. The Balaban J connectivity index is 0. The third-order valence-corrected chi connectivity index (χ3v) is 0. The zero-order chi connectivity index (χ0) is 0. The van der Waals surface area contributed by atoms with Crippen molar-refractivity contribution in [3.8, 4) is 0 Å². The Hall–Kier alpha value is 0.762. The van der Waals surface area contributed by atoms with Crippen molar-refractivity contribution >= 4 is 30.9 Å². The fourth-order valence-electron chi connectivity index (χ4n) is 0. The van der Waals surface area contributed by atoms with Crippen LogP contribution in [0.25, 0.3) is 0 Å². The summed E-state index contributed by atoms with van der Waals surface area (Å²) < 4.78 is 0. The summed E-state index contributed by atoms with van der Waals surface area (Å²) >= 11 is 0. The largest absolute Gasteiger partial charge is 3.00 e. The molecule has 0 aliphatic carbocycles. The van der Waals surface area contributed by atoms with Crippen LogP contribution in [0.2, 0.25) is 0 Å². The molecule has 0 radical (unpaired) electrons. The van der Waals surface area contributed by atoms with E-state index in [4.69, 9.17) is 0 Å². The maximum atomic E-state index is 0. The first-order valence-electron chi connectivity index (χ1n) is 0. The molecular weight excluding hydrogens is 107 g/mol. The van der Waals surface area contributed by atoms with Crippen molar-refractivity contribution in [3.05, 3.63) is 0 Å². The molecule has 0 saturated heterocycles. The molecule has 0 aromatic carbocycles. The molecule has 0 saturated carbocycles. The zero-order valence-electron chi connectivity index (χ0n) is 2.43. The Morgan fingerprint density at radius 1 is 1.00 bits per heavy atom. The van der Waals surface area contributed by atoms with E-state index in [0.29, 0.717) is 0 Å². The van der Waals surface area contributed by atoms with Crippen LogP contribution in [0.15, 0.2) is 0 Å². The molecule has 3 nitrogen and oxygen atoms in total. The van der Waals surface area contributed by atoms with Crippen molar-refractivity contribution in [2.45, 2.75) is 0 Å². The van der Waals surface area contributed by atoms with Crippen molar-refractivity contribution in [2.75, 3.05) is 0 Å². The molecule has 0 bridgehead atoms. The second-order valence-corrected chi connectivity index (χ2v) is 0. The number of hydrogen-bond donors (Lipinski definition) is 0. The van der Waals surface area contributed by atoms with Gasteiger partial charge >= 0.3 is 17.4 Å². The normalized spacial score (nSPS) is 0. The van der Waals surface area contributed by atoms with Gasteiger partial charge in [-0.1, -0.05) is 0 Å². The molecule has 0 heterocycles. The van der Waals surface area contributed by atoms with Crippen LogP contribution in [0, 0.1) is 0 Å². The summed E-state index contributed by atoms with van der Waals surface area (Å²) in [4.78, 5) is 0. The van der Waals surface area contributed by atoms with Crippen LogP contribution in [0.1, 0.15) is 0 Å². The smallest absolute Gasteiger partial charge is 2.00 e. The second-order valence-electron chi connectivity index (χ2n) is 0. The maximum absolute atomic E-state index is 0. The molecule has 32 valence electrons. The van der Waals surface area contributed by atoms with Gasteiger partial charge in [0.25, 0.3) is 0 Å². The van der Waals surface area contributed by atoms with Crippen molar-refractivity contribution in [1.82, 2.24) is 0 Å². The molecular formula is H5AlO3S. The summed E-state index contributed by atoms with van der Waals surface area (Å²) in [7, 11) is 0. The molecule has 0 rings (SSSR count). The van der Waals surface area contributed by atoms with Crippen molar-refractivity contribution in [3.63, 3.8) is 0 Å². The third-order valence-electron chi connectivity index (χ3n) is 0. The fraction of sp³-hybridized carbons (Fsp3) is 0. The van der Waals surface area contributed by atoms with Gasteiger partial charge in [0.1, 0.15) is 0 Å². The van der Waals surface area contributed by atoms with Gasteiger partial charge in [0.15, 0.2) is 0 Å². The molecule has 0 amide bonds. The van der Waals surface area contributed by atoms with Gasteiger partial charge in [-0.15, -0.1) is 0 Å². The standard InChI is InChI=1S/Al.2H2O.O.H2S/h;2*1H2;;1H2/q+3;;;-2;/p-1. The van der Waals surface area contributed by atoms with E-state index in [2.05, 4.69) is 0 Å². The van der Waals surface area contributed by atoms with E-state index in [-0.39, 0.29) is 47.3 Å². The molecule has 0 unspecified atom stereocenters. The first kappa shape index (κ1) is 225. The summed E-state index contributed by atoms with van der Waals surface area (Å²) in [6.45, 7) is 0. The van der Waals surface area contributed by atoms with Crippen LogP contribution < -0.4 is 0 Å². The van der Waals surface area contributed by atoms with Gasteiger partial charge in [0, 0.05) is 0 Å². The predicted octanol–water partition coefficient (Wildman–Crippen LogP) is -1.39. The van der Waals surface area contributed by atoms with Crippen LogP contribution >= 0.6 is 13.5 Å². The van der Waals surface area contributed by atoms with Crippen LogP contribution in [0.5, 0.6) is 0 Å². The van der Waals surface area contributed by atoms with Gasteiger partial charge in [-0.2, -0.15) is 13.5 Å². The van der Waals surface area contributed by atoms with Gasteiger partial charge in [-0.3, -0.25) is 0 Å². The molecule has 0 atom stereocenters. The molecule has 0 spiro atoms. The minimum absolute atomic E-state index is 0. The second kappa shape index (κ2) is 116. The summed E-state index contributed by atoms with van der Waals surface area (Å²) in [5.41, 5.74) is 0. The average molecular weight is 112 g/mol. The van der Waals surface area contributed by atoms with E-state index >= 15 is 0 Å². The first-order valence-corrected chi connectivity index (χ1v) is 0. The molecule has 0 aromatic rings. The SMILES string of the molecule is O.S.[Al+3].[O-2].[OH-]. The Labute approximate surface area is 47.9 Å². The molecule has 0 fully saturated rings. The van der Waals surface area contributed by atoms with E-state index in [0.717, 1.165) is 0 Å². The molecule has 0 aliphatic rings. The Kier molecular flexibility index (Phi) is 5210. The quantitative estimate of drug-likeness (QED) is 0.355. The van der Waals surface area contributed by atoms with Crippen LogP contribution in [0.4, 0.5) is 0 Å². The third kappa shape index (κ3) is 62.5. The molecule has 0 aromatic heterocycles. The zero-order valence-corrected chi connectivity index (χ0v) is 4.59. The van der Waals surface area contributed by atoms with Gasteiger partial charge in [-0.25, -0.2) is 0 Å². The summed E-state index contributed by atoms with van der Waals surface area (Å²) in [5.74, 6) is 0. The maximum Gasteiger partial charge on any atom is 3.00 e. The summed E-state index contributed by atoms with van der Waals surface area (Å²) in [6.07, 6.45) is 0. The van der Waals surface area contributed by atoms with Crippen LogP contribution in [-0.2, 0) is 5.48 Å². The Morgan fingerprint density at radius 3 is 1.00 bits per heavy atom. The van der Waals surface area contributed by atoms with E-state index in [1.807, 2.05) is 0 Å². The Morgan fingerprint density at radius 2 is 1.00 bits per heavy atom. The van der Waals surface area contributed by atoms with Crippen LogP contribution in [0.3, 0.4) is 0 Å². The fourth-order valence-corrected chi connectivity index (χ4v) is 0. The predicted molar refractivity (Wildman–Crippen MR) is 22.4 cm³/mol. The number of rotatable bonds is 0. The van der Waals surface area contributed by atoms with Crippen molar-refractivity contribution in [2.24, 2.45) is 0 Å². The van der Waals surface area contributed by atoms with Gasteiger partial charge in [0.05, 0.1) is 0 Å². The first-order chi connectivity index (χ1) is 0. The molecule has 0 aliphatic heterocycles. The van der Waals surface area contributed by atoms with E-state index in [1.165, 1.54) is 0 Å². The van der Waals surface area contributed by atoms with E-state index in [1.54, 1.807) is 0 Å². The van der Waals surface area contributed by atoms with Crippen molar-refractivity contribution in [1.29, 1.82) is 0 Å². The van der Waals surface area contributed by atoms with Crippen molar-refractivity contribution < 1.29 is 16.4 Å². The average Bonchev–Trinajstić information content (AvgIpc) is 0.